The highest BCUT2D eigenvalue weighted by Gasteiger charge is 2.45. The summed E-state index contributed by atoms with van der Waals surface area (Å²) >= 11 is 0. The number of unbranched alkanes of at least 4 members (excludes halogenated alkanes) is 1. The number of hydrogen-bond donors (Lipinski definition) is 4. The van der Waals surface area contributed by atoms with Gasteiger partial charge in [-0.2, -0.15) is 0 Å². The molecule has 0 saturated carbocycles. The van der Waals surface area contributed by atoms with Crippen LogP contribution in [0.25, 0.3) is 0 Å². The number of imide groups is 2. The normalized spacial score (nSPS) is 16.3. The molecular formula is C28H29N7O8. The fourth-order valence-electron chi connectivity index (χ4n) is 4.96. The maximum Gasteiger partial charge on any atom is 0.264 e. The summed E-state index contributed by atoms with van der Waals surface area (Å²) in [5, 5.41) is 25.4. The van der Waals surface area contributed by atoms with Crippen LogP contribution in [-0.4, -0.2) is 73.7 Å². The van der Waals surface area contributed by atoms with Gasteiger partial charge in [0.25, 0.3) is 11.8 Å². The van der Waals surface area contributed by atoms with E-state index in [4.69, 9.17) is 4.42 Å². The number of aromatic hydroxyl groups is 1. The number of carbonyl (C=O) groups is 5. The monoisotopic (exact) mass is 591 g/mol. The predicted molar refractivity (Wildman–Crippen MR) is 148 cm³/mol. The first-order chi connectivity index (χ1) is 20.7. The van der Waals surface area contributed by atoms with Gasteiger partial charge in [-0.3, -0.25) is 39.0 Å². The molecule has 43 heavy (non-hydrogen) atoms. The van der Waals surface area contributed by atoms with Crippen molar-refractivity contribution < 1.29 is 33.5 Å². The molecular weight excluding hydrogens is 562 g/mol. The number of carbonyl (C=O) groups excluding carboxylic acids is 5. The SMILES string of the molecule is O=C(CCCCc1cn(Cc2cc(=O)c(O)co2)nn1)NCCNc1cccc2c1C(=O)N(C1CCC(=O)NC1=O)C2=O. The highest BCUT2D eigenvalue weighted by molar-refractivity contribution is 6.25. The number of fused-ring (bicyclic) bond motifs is 1. The summed E-state index contributed by atoms with van der Waals surface area (Å²) in [6.45, 7) is 0.767. The average Bonchev–Trinajstić information content (AvgIpc) is 3.53. The molecule has 4 N–H and O–H groups in total. The molecule has 0 aliphatic carbocycles. The van der Waals surface area contributed by atoms with Gasteiger partial charge in [0.1, 0.15) is 24.6 Å². The van der Waals surface area contributed by atoms with E-state index in [1.807, 2.05) is 0 Å². The van der Waals surface area contributed by atoms with Gasteiger partial charge in [0.05, 0.1) is 16.8 Å². The maximum absolute atomic E-state index is 13.1. The zero-order valence-electron chi connectivity index (χ0n) is 23.0. The number of piperidine rings is 1. The Bertz CT molecular complexity index is 1650. The molecule has 1 atom stereocenters. The molecule has 1 fully saturated rings. The van der Waals surface area contributed by atoms with Gasteiger partial charge >= 0.3 is 0 Å². The number of aryl methyl sites for hydroxylation is 1. The number of benzene rings is 1. The summed E-state index contributed by atoms with van der Waals surface area (Å²) < 4.78 is 6.68. The van der Waals surface area contributed by atoms with Gasteiger partial charge in [-0.15, -0.1) is 5.10 Å². The van der Waals surface area contributed by atoms with Crippen LogP contribution in [0.4, 0.5) is 5.69 Å². The Balaban J connectivity index is 1.03. The van der Waals surface area contributed by atoms with E-state index in [0.717, 1.165) is 16.9 Å². The zero-order valence-corrected chi connectivity index (χ0v) is 23.0. The molecule has 0 bridgehead atoms. The van der Waals surface area contributed by atoms with Crippen LogP contribution in [0.5, 0.6) is 5.75 Å². The van der Waals surface area contributed by atoms with E-state index in [1.54, 1.807) is 18.3 Å². The third-order valence-corrected chi connectivity index (χ3v) is 7.09. The summed E-state index contributed by atoms with van der Waals surface area (Å²) in [4.78, 5) is 74.6. The number of rotatable bonds is 12. The minimum Gasteiger partial charge on any atom is -0.502 e. The van der Waals surface area contributed by atoms with Crippen molar-refractivity contribution >= 4 is 35.2 Å². The second-order valence-corrected chi connectivity index (χ2v) is 10.2. The van der Waals surface area contributed by atoms with Gasteiger partial charge in [0.15, 0.2) is 5.75 Å². The van der Waals surface area contributed by atoms with Crippen molar-refractivity contribution in [2.75, 3.05) is 18.4 Å². The van der Waals surface area contributed by atoms with Gasteiger partial charge in [-0.25, -0.2) is 4.68 Å². The van der Waals surface area contributed by atoms with Crippen LogP contribution in [0.3, 0.4) is 0 Å². The average molecular weight is 592 g/mol. The lowest BCUT2D eigenvalue weighted by Crippen LogP contribution is -2.54. The summed E-state index contributed by atoms with van der Waals surface area (Å²) in [5.41, 5.74) is 0.943. The van der Waals surface area contributed by atoms with Crippen molar-refractivity contribution in [1.82, 2.24) is 30.5 Å². The van der Waals surface area contributed by atoms with E-state index >= 15 is 0 Å². The minimum absolute atomic E-state index is 0.0419. The van der Waals surface area contributed by atoms with Crippen molar-refractivity contribution in [2.24, 2.45) is 0 Å². The molecule has 5 amide bonds. The first-order valence-corrected chi connectivity index (χ1v) is 13.8. The summed E-state index contributed by atoms with van der Waals surface area (Å²) in [7, 11) is 0. The lowest BCUT2D eigenvalue weighted by molar-refractivity contribution is -0.136. The molecule has 5 rings (SSSR count). The third kappa shape index (κ3) is 6.60. The van der Waals surface area contributed by atoms with E-state index in [9.17, 15) is 33.9 Å². The maximum atomic E-state index is 13.1. The van der Waals surface area contributed by atoms with Gasteiger partial charge < -0.3 is 20.2 Å². The molecule has 1 aromatic carbocycles. The Kier molecular flexibility index (Phi) is 8.59. The quantitative estimate of drug-likeness (QED) is 0.167. The largest absolute Gasteiger partial charge is 0.502 e. The van der Waals surface area contributed by atoms with E-state index in [-0.39, 0.29) is 43.0 Å². The molecule has 0 radical (unpaired) electrons. The van der Waals surface area contributed by atoms with Crippen LogP contribution in [0.15, 0.2) is 45.9 Å². The number of anilines is 1. The molecule has 224 valence electrons. The Morgan fingerprint density at radius 3 is 2.74 bits per heavy atom. The van der Waals surface area contributed by atoms with Gasteiger partial charge in [-0.05, 0) is 37.8 Å². The zero-order chi connectivity index (χ0) is 30.5. The molecule has 2 aromatic heterocycles. The lowest BCUT2D eigenvalue weighted by atomic mass is 10.0. The summed E-state index contributed by atoms with van der Waals surface area (Å²) in [6.07, 6.45) is 5.06. The number of amides is 5. The van der Waals surface area contributed by atoms with Crippen molar-refractivity contribution in [1.29, 1.82) is 0 Å². The first-order valence-electron chi connectivity index (χ1n) is 13.8. The Morgan fingerprint density at radius 1 is 1.12 bits per heavy atom. The highest BCUT2D eigenvalue weighted by Crippen LogP contribution is 2.32. The van der Waals surface area contributed by atoms with Crippen LogP contribution in [0.1, 0.15) is 64.3 Å². The fraction of sp³-hybridized carbons (Fsp3) is 0.357. The number of nitrogens with zero attached hydrogens (tertiary/aromatic N) is 4. The van der Waals surface area contributed by atoms with Gasteiger partial charge in [0, 0.05) is 43.9 Å². The van der Waals surface area contributed by atoms with Crippen LogP contribution in [0.2, 0.25) is 0 Å². The molecule has 15 nitrogen and oxygen atoms in total. The molecule has 0 spiro atoms. The van der Waals surface area contributed by atoms with E-state index in [2.05, 4.69) is 26.3 Å². The Hall–Kier alpha value is -5.34. The second-order valence-electron chi connectivity index (χ2n) is 10.2. The predicted octanol–water partition coefficient (Wildman–Crippen LogP) is 0.328. The number of aromatic nitrogens is 3. The van der Waals surface area contributed by atoms with E-state index in [1.165, 1.54) is 16.8 Å². The third-order valence-electron chi connectivity index (χ3n) is 7.09. The number of hydrogen-bond acceptors (Lipinski definition) is 11. The Morgan fingerprint density at radius 2 is 1.95 bits per heavy atom. The van der Waals surface area contributed by atoms with Crippen molar-refractivity contribution in [3.63, 3.8) is 0 Å². The minimum atomic E-state index is -1.04. The van der Waals surface area contributed by atoms with E-state index < -0.39 is 40.8 Å². The molecule has 4 heterocycles. The van der Waals surface area contributed by atoms with Gasteiger partial charge in [-0.1, -0.05) is 11.3 Å². The fourth-order valence-corrected chi connectivity index (χ4v) is 4.96. The van der Waals surface area contributed by atoms with Crippen LogP contribution < -0.4 is 21.4 Å². The van der Waals surface area contributed by atoms with Crippen molar-refractivity contribution in [3.8, 4) is 5.75 Å². The Labute approximate surface area is 244 Å². The first kappa shape index (κ1) is 29.2. The van der Waals surface area contributed by atoms with Crippen LogP contribution in [-0.2, 0) is 27.3 Å². The summed E-state index contributed by atoms with van der Waals surface area (Å²) in [6, 6.07) is 4.94. The smallest absolute Gasteiger partial charge is 0.264 e. The van der Waals surface area contributed by atoms with Crippen LogP contribution >= 0.6 is 0 Å². The van der Waals surface area contributed by atoms with Crippen molar-refractivity contribution in [2.45, 2.75) is 51.1 Å². The molecule has 15 heteroatoms. The molecule has 2 aliphatic rings. The van der Waals surface area contributed by atoms with Gasteiger partial charge in [0.2, 0.25) is 23.2 Å². The molecule has 2 aliphatic heterocycles. The molecule has 1 saturated heterocycles. The number of nitrogens with one attached hydrogen (secondary N) is 3. The molecule has 3 aromatic rings. The highest BCUT2D eigenvalue weighted by atomic mass is 16.4. The topological polar surface area (TPSA) is 206 Å². The standard InChI is InChI=1S/C28H29N7O8/c36-21-12-17(43-15-22(21)37)14-34-13-16(32-33-34)4-1-2-7-23(38)30-11-10-29-19-6-3-5-18-25(19)28(42)35(27(18)41)20-8-9-24(39)31-26(20)40/h3,5-6,12-13,15,20,29,37H,1-2,4,7-11,14H2,(H,30,38)(H,31,39,40). The van der Waals surface area contributed by atoms with E-state index in [0.29, 0.717) is 43.7 Å². The summed E-state index contributed by atoms with van der Waals surface area (Å²) in [5.74, 6) is -2.56. The molecule has 1 unspecified atom stereocenters. The second kappa shape index (κ2) is 12.7. The lowest BCUT2D eigenvalue weighted by Gasteiger charge is -2.27. The van der Waals surface area contributed by atoms with Crippen LogP contribution in [0, 0.1) is 0 Å². The van der Waals surface area contributed by atoms with Crippen molar-refractivity contribution in [3.05, 3.63) is 69.5 Å².